The molecule has 0 bridgehead atoms. The number of carbonyl (C=O) groups is 2. The molecule has 2 amide bonds. The number of methoxy groups -OCH3 is 1. The first-order valence-corrected chi connectivity index (χ1v) is 13.9. The number of nitrogens with zero attached hydrogens (tertiary/aromatic N) is 3. The molecule has 9 nitrogen and oxygen atoms in total. The second-order valence-corrected chi connectivity index (χ2v) is 9.85. The fraction of sp³-hybridized carbons (Fsp3) is 0.367. The largest absolute Gasteiger partial charge is 0.496 e. The molecule has 212 valence electrons. The second-order valence-electron chi connectivity index (χ2n) is 9.42. The zero-order chi connectivity index (χ0) is 28.6. The van der Waals surface area contributed by atoms with Crippen molar-refractivity contribution in [2.75, 3.05) is 51.3 Å². The minimum atomic E-state index is -0.205. The number of ether oxygens (including phenoxy) is 2. The van der Waals surface area contributed by atoms with Crippen LogP contribution in [0.4, 0.5) is 5.69 Å². The van der Waals surface area contributed by atoms with Crippen molar-refractivity contribution in [2.24, 2.45) is 5.73 Å². The van der Waals surface area contributed by atoms with E-state index in [9.17, 15) is 9.59 Å². The Morgan fingerprint density at radius 2 is 1.95 bits per heavy atom. The molecule has 0 spiro atoms. The molecule has 4 rings (SSSR count). The number of rotatable bonds is 10. The van der Waals surface area contributed by atoms with Gasteiger partial charge in [-0.1, -0.05) is 24.6 Å². The third kappa shape index (κ3) is 6.32. The van der Waals surface area contributed by atoms with Gasteiger partial charge in [0.1, 0.15) is 5.75 Å². The first-order chi connectivity index (χ1) is 19.4. The number of carbonyl (C=O) groups excluding carboxylic acids is 2. The van der Waals surface area contributed by atoms with Gasteiger partial charge in [-0.05, 0) is 61.4 Å². The number of nitrogens with one attached hydrogen (secondary N) is 1. The maximum absolute atomic E-state index is 13.5. The fourth-order valence-corrected chi connectivity index (χ4v) is 5.16. The van der Waals surface area contributed by atoms with Crippen molar-refractivity contribution in [3.63, 3.8) is 0 Å². The molecule has 0 aliphatic carbocycles. The van der Waals surface area contributed by atoms with E-state index in [1.807, 2.05) is 42.2 Å². The normalized spacial score (nSPS) is 15.1. The molecule has 40 heavy (non-hydrogen) atoms. The zero-order valence-electron chi connectivity index (χ0n) is 23.2. The smallest absolute Gasteiger partial charge is 0.257 e. The predicted octanol–water partition coefficient (Wildman–Crippen LogP) is 4.24. The average molecular weight is 566 g/mol. The van der Waals surface area contributed by atoms with E-state index in [0.29, 0.717) is 67.1 Å². The standard InChI is InChI=1S/C30H36ClN5O4/c1-4-22-19-35(30(38)24-10-9-21(31)18-27(24)39-3)15-16-36(22)26-11-8-20(17-25(26)28(37)33-14-12-32)23-7-6-13-34-29(23)40-5-2/h6-11,13,17-18,22H,4-5,12,14-16,19,32H2,1-3H3,(H,33,37)/t22-/m1/s1. The van der Waals surface area contributed by atoms with Crippen molar-refractivity contribution in [3.8, 4) is 22.8 Å². The van der Waals surface area contributed by atoms with Crippen LogP contribution in [0, 0.1) is 0 Å². The summed E-state index contributed by atoms with van der Waals surface area (Å²) in [5.74, 6) is 0.651. The van der Waals surface area contributed by atoms with Gasteiger partial charge in [-0.2, -0.15) is 0 Å². The molecule has 0 unspecified atom stereocenters. The molecule has 1 fully saturated rings. The number of halogens is 1. The van der Waals surface area contributed by atoms with E-state index in [4.69, 9.17) is 26.8 Å². The number of anilines is 1. The Bertz CT molecular complexity index is 1350. The number of pyridine rings is 1. The molecule has 1 atom stereocenters. The highest BCUT2D eigenvalue weighted by molar-refractivity contribution is 6.30. The number of hydrogen-bond acceptors (Lipinski definition) is 7. The Hall–Kier alpha value is -3.82. The van der Waals surface area contributed by atoms with E-state index in [-0.39, 0.29) is 17.9 Å². The van der Waals surface area contributed by atoms with Crippen LogP contribution >= 0.6 is 11.6 Å². The summed E-state index contributed by atoms with van der Waals surface area (Å²) in [6.07, 6.45) is 2.47. The van der Waals surface area contributed by atoms with Crippen LogP contribution in [0.2, 0.25) is 5.02 Å². The second kappa shape index (κ2) is 13.5. The van der Waals surface area contributed by atoms with Crippen LogP contribution in [-0.4, -0.2) is 74.2 Å². The van der Waals surface area contributed by atoms with Gasteiger partial charge in [-0.15, -0.1) is 0 Å². The third-order valence-corrected chi connectivity index (χ3v) is 7.21. The third-order valence-electron chi connectivity index (χ3n) is 6.98. The van der Waals surface area contributed by atoms with Gasteiger partial charge in [0.2, 0.25) is 5.88 Å². The lowest BCUT2D eigenvalue weighted by Gasteiger charge is -2.43. The van der Waals surface area contributed by atoms with Crippen LogP contribution in [-0.2, 0) is 0 Å². The molecule has 0 radical (unpaired) electrons. The molecule has 1 aromatic heterocycles. The first kappa shape index (κ1) is 29.2. The van der Waals surface area contributed by atoms with Crippen LogP contribution in [0.25, 0.3) is 11.1 Å². The van der Waals surface area contributed by atoms with E-state index in [2.05, 4.69) is 22.1 Å². The Kier molecular flexibility index (Phi) is 9.84. The Labute approximate surface area is 240 Å². The minimum Gasteiger partial charge on any atom is -0.496 e. The molecule has 2 aromatic carbocycles. The molecular formula is C30H36ClN5O4. The van der Waals surface area contributed by atoms with E-state index in [1.165, 1.54) is 7.11 Å². The summed E-state index contributed by atoms with van der Waals surface area (Å²) in [6.45, 7) is 6.73. The van der Waals surface area contributed by atoms with Gasteiger partial charge < -0.3 is 30.3 Å². The van der Waals surface area contributed by atoms with Gasteiger partial charge in [-0.3, -0.25) is 9.59 Å². The maximum Gasteiger partial charge on any atom is 0.257 e. The summed E-state index contributed by atoms with van der Waals surface area (Å²) in [5, 5.41) is 3.43. The Morgan fingerprint density at radius 1 is 1.12 bits per heavy atom. The van der Waals surface area contributed by atoms with Crippen molar-refractivity contribution in [1.82, 2.24) is 15.2 Å². The van der Waals surface area contributed by atoms with Crippen molar-refractivity contribution in [1.29, 1.82) is 0 Å². The molecule has 0 saturated carbocycles. The molecule has 1 saturated heterocycles. The zero-order valence-corrected chi connectivity index (χ0v) is 23.9. The lowest BCUT2D eigenvalue weighted by Crippen LogP contribution is -2.55. The van der Waals surface area contributed by atoms with Gasteiger partial charge in [0.15, 0.2) is 0 Å². The van der Waals surface area contributed by atoms with Crippen LogP contribution < -0.4 is 25.4 Å². The predicted molar refractivity (Wildman–Crippen MR) is 158 cm³/mol. The van der Waals surface area contributed by atoms with Gasteiger partial charge in [0.05, 0.1) is 24.8 Å². The maximum atomic E-state index is 13.5. The van der Waals surface area contributed by atoms with Gasteiger partial charge in [0, 0.05) is 61.2 Å². The summed E-state index contributed by atoms with van der Waals surface area (Å²) in [6, 6.07) is 14.6. The fourth-order valence-electron chi connectivity index (χ4n) is 5.00. The molecule has 2 heterocycles. The van der Waals surface area contributed by atoms with E-state index in [0.717, 1.165) is 23.2 Å². The van der Waals surface area contributed by atoms with E-state index >= 15 is 0 Å². The minimum absolute atomic E-state index is 0.000260. The van der Waals surface area contributed by atoms with Crippen molar-refractivity contribution in [3.05, 3.63) is 70.9 Å². The molecule has 3 aromatic rings. The SMILES string of the molecule is CCOc1ncccc1-c1ccc(N2CCN(C(=O)c3ccc(Cl)cc3OC)C[C@H]2CC)c(C(=O)NCCN)c1. The highest BCUT2D eigenvalue weighted by atomic mass is 35.5. The summed E-state index contributed by atoms with van der Waals surface area (Å²) < 4.78 is 11.2. The van der Waals surface area contributed by atoms with E-state index < -0.39 is 0 Å². The first-order valence-electron chi connectivity index (χ1n) is 13.5. The number of aromatic nitrogens is 1. The molecular weight excluding hydrogens is 530 g/mol. The summed E-state index contributed by atoms with van der Waals surface area (Å²) >= 11 is 6.10. The Balaban J connectivity index is 1.66. The summed E-state index contributed by atoms with van der Waals surface area (Å²) in [7, 11) is 1.53. The quantitative estimate of drug-likeness (QED) is 0.378. The average Bonchev–Trinajstić information content (AvgIpc) is 2.99. The number of piperazine rings is 1. The van der Waals surface area contributed by atoms with Crippen molar-refractivity contribution in [2.45, 2.75) is 26.3 Å². The summed E-state index contributed by atoms with van der Waals surface area (Å²) in [4.78, 5) is 35.3. The lowest BCUT2D eigenvalue weighted by molar-refractivity contribution is 0.0716. The molecule has 1 aliphatic rings. The van der Waals surface area contributed by atoms with Crippen LogP contribution in [0.1, 0.15) is 41.0 Å². The van der Waals surface area contributed by atoms with E-state index in [1.54, 1.807) is 24.4 Å². The number of benzene rings is 2. The summed E-state index contributed by atoms with van der Waals surface area (Å²) in [5.41, 5.74) is 9.13. The van der Waals surface area contributed by atoms with Gasteiger partial charge in [-0.25, -0.2) is 4.98 Å². The highest BCUT2D eigenvalue weighted by Gasteiger charge is 2.32. The highest BCUT2D eigenvalue weighted by Crippen LogP contribution is 2.34. The van der Waals surface area contributed by atoms with Gasteiger partial charge >= 0.3 is 0 Å². The van der Waals surface area contributed by atoms with Crippen molar-refractivity contribution < 1.29 is 19.1 Å². The number of nitrogens with two attached hydrogens (primary N) is 1. The molecule has 1 aliphatic heterocycles. The molecule has 10 heteroatoms. The topological polar surface area (TPSA) is 110 Å². The van der Waals surface area contributed by atoms with Crippen LogP contribution in [0.5, 0.6) is 11.6 Å². The van der Waals surface area contributed by atoms with Crippen LogP contribution in [0.3, 0.4) is 0 Å². The van der Waals surface area contributed by atoms with Crippen molar-refractivity contribution >= 4 is 29.1 Å². The number of amides is 2. The van der Waals surface area contributed by atoms with Crippen LogP contribution in [0.15, 0.2) is 54.7 Å². The van der Waals surface area contributed by atoms with Gasteiger partial charge in [0.25, 0.3) is 11.8 Å². The lowest BCUT2D eigenvalue weighted by atomic mass is 9.99. The number of hydrogen-bond donors (Lipinski definition) is 2. The molecule has 3 N–H and O–H groups in total. The Morgan fingerprint density at radius 3 is 2.67 bits per heavy atom. The monoisotopic (exact) mass is 565 g/mol.